The van der Waals surface area contributed by atoms with Gasteiger partial charge in [0.15, 0.2) is 0 Å². The van der Waals surface area contributed by atoms with Gasteiger partial charge in [0.2, 0.25) is 0 Å². The molecule has 0 atom stereocenters. The van der Waals surface area contributed by atoms with Crippen LogP contribution in [0.25, 0.3) is 10.3 Å². The lowest BCUT2D eigenvalue weighted by Gasteiger charge is -2.21. The van der Waals surface area contributed by atoms with E-state index < -0.39 is 0 Å². The molecule has 2 aromatic heterocycles. The molecule has 0 bridgehead atoms. The Morgan fingerprint density at radius 1 is 1.47 bits per heavy atom. The van der Waals surface area contributed by atoms with Crippen molar-refractivity contribution in [2.75, 3.05) is 18.5 Å². The Morgan fingerprint density at radius 2 is 2.16 bits per heavy atom. The molecule has 0 aliphatic heterocycles. The van der Waals surface area contributed by atoms with Crippen molar-refractivity contribution in [3.63, 3.8) is 0 Å². The Bertz CT molecular complexity index is 609. The highest BCUT2D eigenvalue weighted by Crippen LogP contribution is 2.30. The molecule has 0 saturated heterocycles. The lowest BCUT2D eigenvalue weighted by atomic mass is 10.2. The molecule has 0 saturated carbocycles. The zero-order valence-electron chi connectivity index (χ0n) is 11.1. The van der Waals surface area contributed by atoms with Crippen molar-refractivity contribution in [3.05, 3.63) is 17.3 Å². The van der Waals surface area contributed by atoms with E-state index in [9.17, 15) is 4.79 Å². The molecule has 3 N–H and O–H groups in total. The van der Waals surface area contributed by atoms with Crippen LogP contribution in [-0.4, -0.2) is 33.4 Å². The maximum absolute atomic E-state index is 12.2. The van der Waals surface area contributed by atoms with Crippen LogP contribution in [0, 0.1) is 0 Å². The molecule has 19 heavy (non-hydrogen) atoms. The smallest absolute Gasteiger partial charge is 0.263 e. The monoisotopic (exact) mass is 296 g/mol. The van der Waals surface area contributed by atoms with Crippen LogP contribution in [0.5, 0.6) is 0 Å². The maximum atomic E-state index is 12.2. The summed E-state index contributed by atoms with van der Waals surface area (Å²) >= 11 is 2.98. The van der Waals surface area contributed by atoms with Gasteiger partial charge in [-0.2, -0.15) is 11.8 Å². The van der Waals surface area contributed by atoms with Crippen molar-refractivity contribution < 1.29 is 4.79 Å². The summed E-state index contributed by atoms with van der Waals surface area (Å²) < 4.78 is -0.00238. The number of amides is 1. The molecule has 0 radical (unpaired) electrons. The van der Waals surface area contributed by atoms with E-state index in [1.165, 1.54) is 11.3 Å². The average Bonchev–Trinajstić information content (AvgIpc) is 2.74. The number of thioether (sulfide) groups is 1. The summed E-state index contributed by atoms with van der Waals surface area (Å²) in [5.41, 5.74) is 6.96. The highest BCUT2D eigenvalue weighted by molar-refractivity contribution is 7.99. The van der Waals surface area contributed by atoms with Crippen LogP contribution >= 0.6 is 23.1 Å². The maximum Gasteiger partial charge on any atom is 0.263 e. The van der Waals surface area contributed by atoms with E-state index in [2.05, 4.69) is 29.1 Å². The van der Waals surface area contributed by atoms with Gasteiger partial charge in [0.1, 0.15) is 15.2 Å². The highest BCUT2D eigenvalue weighted by atomic mass is 32.2. The molecule has 102 valence electrons. The molecule has 7 heteroatoms. The topological polar surface area (TPSA) is 80.9 Å². The summed E-state index contributed by atoms with van der Waals surface area (Å²) in [6.45, 7) is 4.74. The van der Waals surface area contributed by atoms with Crippen LogP contribution in [0.1, 0.15) is 23.5 Å². The number of rotatable bonds is 4. The van der Waals surface area contributed by atoms with Crippen LogP contribution in [0.2, 0.25) is 0 Å². The molecule has 0 aromatic carbocycles. The highest BCUT2D eigenvalue weighted by Gasteiger charge is 2.21. The first-order valence-electron chi connectivity index (χ1n) is 5.77. The van der Waals surface area contributed by atoms with Crippen molar-refractivity contribution in [2.45, 2.75) is 18.6 Å². The molecule has 0 unspecified atom stereocenters. The first-order valence-corrected chi connectivity index (χ1v) is 7.81. The Morgan fingerprint density at radius 3 is 2.79 bits per heavy atom. The van der Waals surface area contributed by atoms with Crippen molar-refractivity contribution in [2.24, 2.45) is 0 Å². The van der Waals surface area contributed by atoms with Crippen LogP contribution in [0.15, 0.2) is 12.4 Å². The number of hydrogen-bond donors (Lipinski definition) is 2. The van der Waals surface area contributed by atoms with Gasteiger partial charge in [-0.25, -0.2) is 9.97 Å². The predicted molar refractivity (Wildman–Crippen MR) is 81.8 cm³/mol. The van der Waals surface area contributed by atoms with Crippen molar-refractivity contribution in [1.29, 1.82) is 0 Å². The third-order valence-electron chi connectivity index (χ3n) is 2.80. The second-order valence-corrected chi connectivity index (χ2v) is 7.21. The molecule has 5 nitrogen and oxygen atoms in total. The Hall–Kier alpha value is -1.34. The van der Waals surface area contributed by atoms with Crippen molar-refractivity contribution >= 4 is 45.0 Å². The van der Waals surface area contributed by atoms with E-state index in [1.807, 2.05) is 6.26 Å². The normalized spacial score (nSPS) is 11.7. The summed E-state index contributed by atoms with van der Waals surface area (Å²) in [6.07, 6.45) is 5.19. The Balaban J connectivity index is 2.20. The molecule has 0 aliphatic rings. The minimum atomic E-state index is -0.163. The predicted octanol–water partition coefficient (Wildman–Crippen LogP) is 2.14. The second-order valence-electron chi connectivity index (χ2n) is 4.70. The van der Waals surface area contributed by atoms with Crippen molar-refractivity contribution in [1.82, 2.24) is 15.3 Å². The van der Waals surface area contributed by atoms with Crippen LogP contribution < -0.4 is 11.1 Å². The number of nitrogens with one attached hydrogen (secondary N) is 1. The number of nitrogen functional groups attached to an aromatic ring is 1. The SMILES string of the molecule is CSC(C)(C)CNC(=O)c1sc2nccnc2c1N. The number of nitrogens with zero attached hydrogens (tertiary/aromatic N) is 2. The standard InChI is InChI=1S/C12H16N4OS2/c1-12(2,18-3)6-16-10(17)9-7(13)8-11(19-9)15-5-4-14-8/h4-5H,6,13H2,1-3H3,(H,16,17). The molecular formula is C12H16N4OS2. The van der Waals surface area contributed by atoms with Gasteiger partial charge in [0.25, 0.3) is 5.91 Å². The van der Waals surface area contributed by atoms with E-state index in [0.29, 0.717) is 27.5 Å². The van der Waals surface area contributed by atoms with E-state index in [4.69, 9.17) is 5.73 Å². The number of nitrogens with two attached hydrogens (primary N) is 1. The zero-order chi connectivity index (χ0) is 14.0. The number of anilines is 1. The van der Waals surface area contributed by atoms with E-state index in [0.717, 1.165) is 0 Å². The third kappa shape index (κ3) is 2.98. The minimum absolute atomic E-state index is 0.00238. The molecule has 0 spiro atoms. The number of aromatic nitrogens is 2. The fourth-order valence-electron chi connectivity index (χ4n) is 1.46. The van der Waals surface area contributed by atoms with Gasteiger partial charge in [0, 0.05) is 23.7 Å². The number of carbonyl (C=O) groups is 1. The third-order valence-corrected chi connectivity index (χ3v) is 5.15. The van der Waals surface area contributed by atoms with Crippen LogP contribution in [-0.2, 0) is 0 Å². The number of carbonyl (C=O) groups excluding carboxylic acids is 1. The first kappa shape index (κ1) is 14.1. The zero-order valence-corrected chi connectivity index (χ0v) is 12.7. The molecule has 0 fully saturated rings. The second kappa shape index (κ2) is 5.34. The fourth-order valence-corrected chi connectivity index (χ4v) is 2.61. The van der Waals surface area contributed by atoms with Gasteiger partial charge in [-0.3, -0.25) is 4.79 Å². The fraction of sp³-hybridized carbons (Fsp3) is 0.417. The van der Waals surface area contributed by atoms with Gasteiger partial charge < -0.3 is 11.1 Å². The summed E-state index contributed by atoms with van der Waals surface area (Å²) in [7, 11) is 0. The largest absolute Gasteiger partial charge is 0.396 e. The van der Waals surface area contributed by atoms with E-state index >= 15 is 0 Å². The summed E-state index contributed by atoms with van der Waals surface area (Å²) in [5, 5.41) is 2.91. The summed E-state index contributed by atoms with van der Waals surface area (Å²) in [5.74, 6) is -0.163. The molecular weight excluding hydrogens is 280 g/mol. The van der Waals surface area contributed by atoms with Gasteiger partial charge in [-0.15, -0.1) is 11.3 Å². The first-order chi connectivity index (χ1) is 8.94. The van der Waals surface area contributed by atoms with Gasteiger partial charge >= 0.3 is 0 Å². The minimum Gasteiger partial charge on any atom is -0.396 e. The lowest BCUT2D eigenvalue weighted by Crippen LogP contribution is -2.35. The van der Waals surface area contributed by atoms with E-state index in [-0.39, 0.29) is 10.7 Å². The lowest BCUT2D eigenvalue weighted by molar-refractivity contribution is 0.0955. The van der Waals surface area contributed by atoms with Gasteiger partial charge in [0.05, 0.1) is 5.69 Å². The van der Waals surface area contributed by atoms with Crippen LogP contribution in [0.3, 0.4) is 0 Å². The summed E-state index contributed by atoms with van der Waals surface area (Å²) in [4.78, 5) is 21.6. The molecule has 0 aliphatic carbocycles. The molecule has 2 aromatic rings. The quantitative estimate of drug-likeness (QED) is 0.903. The Labute approximate surface area is 120 Å². The van der Waals surface area contributed by atoms with Crippen LogP contribution in [0.4, 0.5) is 5.69 Å². The molecule has 2 rings (SSSR count). The summed E-state index contributed by atoms with van der Waals surface area (Å²) in [6, 6.07) is 0. The average molecular weight is 296 g/mol. The number of thiophene rings is 1. The number of hydrogen-bond acceptors (Lipinski definition) is 6. The molecule has 2 heterocycles. The number of fused-ring (bicyclic) bond motifs is 1. The molecule has 1 amide bonds. The van der Waals surface area contributed by atoms with Gasteiger partial charge in [-0.1, -0.05) is 0 Å². The van der Waals surface area contributed by atoms with E-state index in [1.54, 1.807) is 24.2 Å². The van der Waals surface area contributed by atoms with Gasteiger partial charge in [-0.05, 0) is 20.1 Å². The Kier molecular flexibility index (Phi) is 3.96. The van der Waals surface area contributed by atoms with Crippen molar-refractivity contribution in [3.8, 4) is 0 Å².